The van der Waals surface area contributed by atoms with Gasteiger partial charge in [0.1, 0.15) is 10.9 Å². The highest BCUT2D eigenvalue weighted by molar-refractivity contribution is 7.89. The third kappa shape index (κ3) is 7.33. The number of esters is 1. The molecule has 198 valence electrons. The second kappa shape index (κ2) is 11.9. The van der Waals surface area contributed by atoms with Crippen LogP contribution in [-0.4, -0.2) is 68.5 Å². The summed E-state index contributed by atoms with van der Waals surface area (Å²) in [6.45, 7) is 5.09. The number of aryl methyl sites for hydroxylation is 1. The SMILES string of the molecule is COC(=O)[C@@H]1CCCN1S(=O)(=O)c1ccc(C)nc1OCC[C@H](C)CCNC1CCC(F)(F)CC1. The Hall–Kier alpha value is -1.85. The number of alkyl halides is 2. The zero-order valence-corrected chi connectivity index (χ0v) is 21.6. The van der Waals surface area contributed by atoms with Crippen LogP contribution in [0.15, 0.2) is 17.0 Å². The minimum absolute atomic E-state index is 0.0361. The second-order valence-electron chi connectivity index (χ2n) is 9.67. The molecule has 2 aliphatic rings. The summed E-state index contributed by atoms with van der Waals surface area (Å²) < 4.78 is 65.1. The molecule has 1 aliphatic carbocycles. The molecule has 2 fully saturated rings. The molecule has 8 nitrogen and oxygen atoms in total. The number of nitrogens with zero attached hydrogens (tertiary/aromatic N) is 2. The highest BCUT2D eigenvalue weighted by Crippen LogP contribution is 2.33. The van der Waals surface area contributed by atoms with Gasteiger partial charge in [-0.05, 0) is 70.0 Å². The maximum Gasteiger partial charge on any atom is 0.324 e. The summed E-state index contributed by atoms with van der Waals surface area (Å²) in [5, 5.41) is 3.38. The van der Waals surface area contributed by atoms with Crippen LogP contribution in [0, 0.1) is 12.8 Å². The minimum Gasteiger partial charge on any atom is -0.477 e. The first-order valence-electron chi connectivity index (χ1n) is 12.3. The summed E-state index contributed by atoms with van der Waals surface area (Å²) in [7, 11) is -2.75. The molecule has 1 N–H and O–H groups in total. The maximum atomic E-state index is 13.4. The molecular formula is C24H37F2N3O5S. The smallest absolute Gasteiger partial charge is 0.324 e. The molecule has 1 saturated heterocycles. The molecule has 0 bridgehead atoms. The van der Waals surface area contributed by atoms with Crippen LogP contribution in [0.25, 0.3) is 0 Å². The average molecular weight is 518 g/mol. The molecule has 3 rings (SSSR count). The van der Waals surface area contributed by atoms with Crippen molar-refractivity contribution in [1.29, 1.82) is 0 Å². The van der Waals surface area contributed by atoms with Crippen LogP contribution in [0.4, 0.5) is 8.78 Å². The van der Waals surface area contributed by atoms with Crippen molar-refractivity contribution >= 4 is 16.0 Å². The van der Waals surface area contributed by atoms with Crippen molar-refractivity contribution in [3.05, 3.63) is 17.8 Å². The number of sulfonamides is 1. The van der Waals surface area contributed by atoms with Crippen molar-refractivity contribution in [2.75, 3.05) is 26.8 Å². The number of hydrogen-bond acceptors (Lipinski definition) is 7. The summed E-state index contributed by atoms with van der Waals surface area (Å²) in [6, 6.07) is 2.38. The number of carbonyl (C=O) groups excluding carboxylic acids is 1. The first-order chi connectivity index (χ1) is 16.5. The Balaban J connectivity index is 1.53. The molecule has 1 saturated carbocycles. The van der Waals surface area contributed by atoms with Gasteiger partial charge in [-0.1, -0.05) is 6.92 Å². The van der Waals surface area contributed by atoms with Gasteiger partial charge in [-0.25, -0.2) is 22.2 Å². The number of methoxy groups -OCH3 is 1. The molecule has 0 aromatic carbocycles. The van der Waals surface area contributed by atoms with E-state index >= 15 is 0 Å². The topological polar surface area (TPSA) is 97.8 Å². The lowest BCUT2D eigenvalue weighted by Gasteiger charge is -2.29. The highest BCUT2D eigenvalue weighted by Gasteiger charge is 2.41. The maximum absolute atomic E-state index is 13.4. The molecule has 11 heteroatoms. The van der Waals surface area contributed by atoms with Gasteiger partial charge >= 0.3 is 5.97 Å². The van der Waals surface area contributed by atoms with Gasteiger partial charge in [0.15, 0.2) is 0 Å². The monoisotopic (exact) mass is 517 g/mol. The molecule has 1 aliphatic heterocycles. The zero-order valence-electron chi connectivity index (χ0n) is 20.8. The third-order valence-electron chi connectivity index (χ3n) is 6.86. The van der Waals surface area contributed by atoms with E-state index in [0.29, 0.717) is 43.7 Å². The van der Waals surface area contributed by atoms with E-state index in [1.165, 1.54) is 17.5 Å². The van der Waals surface area contributed by atoms with Crippen LogP contribution in [0.1, 0.15) is 64.0 Å². The van der Waals surface area contributed by atoms with Crippen LogP contribution >= 0.6 is 0 Å². The summed E-state index contributed by atoms with van der Waals surface area (Å²) >= 11 is 0. The summed E-state index contributed by atoms with van der Waals surface area (Å²) in [6.07, 6.45) is 3.41. The Morgan fingerprint density at radius 3 is 2.66 bits per heavy atom. The first kappa shape index (κ1) is 27.7. The third-order valence-corrected chi connectivity index (χ3v) is 8.79. The Morgan fingerprint density at radius 1 is 1.26 bits per heavy atom. The lowest BCUT2D eigenvalue weighted by Crippen LogP contribution is -2.41. The summed E-state index contributed by atoms with van der Waals surface area (Å²) in [5.41, 5.74) is 0.625. The van der Waals surface area contributed by atoms with Gasteiger partial charge in [-0.3, -0.25) is 4.79 Å². The molecule has 2 atom stereocenters. The first-order valence-corrected chi connectivity index (χ1v) is 13.8. The molecule has 1 aromatic rings. The lowest BCUT2D eigenvalue weighted by atomic mass is 9.92. The predicted molar refractivity (Wildman–Crippen MR) is 127 cm³/mol. The minimum atomic E-state index is -3.99. The molecule has 2 heterocycles. The Bertz CT molecular complexity index is 966. The molecule has 35 heavy (non-hydrogen) atoms. The van der Waals surface area contributed by atoms with Gasteiger partial charge < -0.3 is 14.8 Å². The number of nitrogens with one attached hydrogen (secondary N) is 1. The van der Waals surface area contributed by atoms with Gasteiger partial charge in [-0.15, -0.1) is 0 Å². The summed E-state index contributed by atoms with van der Waals surface area (Å²) in [5.74, 6) is -2.76. The van der Waals surface area contributed by atoms with Crippen LogP contribution in [-0.2, 0) is 19.6 Å². The molecule has 1 aromatic heterocycles. The van der Waals surface area contributed by atoms with Gasteiger partial charge in [-0.2, -0.15) is 4.31 Å². The quantitative estimate of drug-likeness (QED) is 0.447. The fourth-order valence-corrected chi connectivity index (χ4v) is 6.34. The second-order valence-corrected chi connectivity index (χ2v) is 11.5. The van der Waals surface area contributed by atoms with Crippen LogP contribution < -0.4 is 10.1 Å². The van der Waals surface area contributed by atoms with Crippen molar-refractivity contribution in [3.63, 3.8) is 0 Å². The van der Waals surface area contributed by atoms with E-state index in [4.69, 9.17) is 9.47 Å². The van der Waals surface area contributed by atoms with Gasteiger partial charge in [0.25, 0.3) is 0 Å². The number of hydrogen-bond donors (Lipinski definition) is 1. The molecule has 0 radical (unpaired) electrons. The van der Waals surface area contributed by atoms with Gasteiger partial charge in [0.05, 0.1) is 13.7 Å². The average Bonchev–Trinajstić information content (AvgIpc) is 3.31. The molecule has 0 unspecified atom stereocenters. The number of pyridine rings is 1. The number of rotatable bonds is 11. The van der Waals surface area contributed by atoms with Crippen LogP contribution in [0.5, 0.6) is 5.88 Å². The number of halogens is 2. The Morgan fingerprint density at radius 2 is 1.97 bits per heavy atom. The standard InChI is InChI=1S/C24H37F2N3O5S/c1-17(10-14-27-19-8-12-24(25,26)13-9-19)11-16-34-22-21(7-6-18(2)28-22)35(31,32)29-15-4-5-20(29)23(30)33-3/h6-7,17,19-20,27H,4-5,8-16H2,1-3H3/t17-,20+/m1/s1. The predicted octanol–water partition coefficient (Wildman–Crippen LogP) is 3.68. The fourth-order valence-electron chi connectivity index (χ4n) is 4.62. The Labute approximate surface area is 206 Å². The van der Waals surface area contributed by atoms with E-state index in [-0.39, 0.29) is 42.8 Å². The highest BCUT2D eigenvalue weighted by atomic mass is 32.2. The number of ether oxygens (including phenoxy) is 2. The molecule has 0 spiro atoms. The van der Waals surface area contributed by atoms with E-state index in [1.54, 1.807) is 13.0 Å². The largest absolute Gasteiger partial charge is 0.477 e. The van der Waals surface area contributed by atoms with Gasteiger partial charge in [0, 0.05) is 31.1 Å². The summed E-state index contributed by atoms with van der Waals surface area (Å²) in [4.78, 5) is 16.4. The van der Waals surface area contributed by atoms with E-state index in [9.17, 15) is 22.0 Å². The van der Waals surface area contributed by atoms with Gasteiger partial charge in [0.2, 0.25) is 21.8 Å². The van der Waals surface area contributed by atoms with E-state index < -0.39 is 28.0 Å². The zero-order chi connectivity index (χ0) is 25.6. The molecule has 0 amide bonds. The van der Waals surface area contributed by atoms with Crippen LogP contribution in [0.3, 0.4) is 0 Å². The van der Waals surface area contributed by atoms with Crippen molar-refractivity contribution < 1.29 is 31.5 Å². The van der Waals surface area contributed by atoms with Crippen molar-refractivity contribution in [2.24, 2.45) is 5.92 Å². The van der Waals surface area contributed by atoms with E-state index in [0.717, 1.165) is 13.0 Å². The number of carbonyl (C=O) groups is 1. The number of aromatic nitrogens is 1. The molecular weight excluding hydrogens is 480 g/mol. The normalized spacial score (nSPS) is 22.1. The van der Waals surface area contributed by atoms with E-state index in [2.05, 4.69) is 17.2 Å². The fraction of sp³-hybridized carbons (Fsp3) is 0.750. The Kier molecular flexibility index (Phi) is 9.45. The van der Waals surface area contributed by atoms with Crippen LogP contribution in [0.2, 0.25) is 0 Å². The lowest BCUT2D eigenvalue weighted by molar-refractivity contribution is -0.144. The van der Waals surface area contributed by atoms with E-state index in [1.807, 2.05) is 0 Å². The van der Waals surface area contributed by atoms with Crippen molar-refractivity contribution in [3.8, 4) is 5.88 Å². The van der Waals surface area contributed by atoms with Crippen molar-refractivity contribution in [2.45, 2.75) is 88.1 Å². The van der Waals surface area contributed by atoms with Crippen molar-refractivity contribution in [1.82, 2.24) is 14.6 Å².